The molecule has 1 aromatic carbocycles. The molecule has 1 aliphatic rings. The summed E-state index contributed by atoms with van der Waals surface area (Å²) in [7, 11) is 0. The molecule has 1 aliphatic heterocycles. The fourth-order valence-corrected chi connectivity index (χ4v) is 2.57. The first kappa shape index (κ1) is 12.6. The molecule has 3 aromatic rings. The van der Waals surface area contributed by atoms with E-state index in [4.69, 9.17) is 9.47 Å². The van der Waals surface area contributed by atoms with E-state index in [1.807, 2.05) is 19.1 Å². The third-order valence-corrected chi connectivity index (χ3v) is 3.58. The van der Waals surface area contributed by atoms with Crippen molar-refractivity contribution in [2.75, 3.05) is 6.79 Å². The minimum atomic E-state index is -0.470. The molecular weight excluding hydrogens is 286 g/mol. The third kappa shape index (κ3) is 1.79. The lowest BCUT2D eigenvalue weighted by atomic mass is 10.1. The summed E-state index contributed by atoms with van der Waals surface area (Å²) in [6, 6.07) is 8.94. The number of hydrogen-bond donors (Lipinski definition) is 0. The van der Waals surface area contributed by atoms with E-state index in [0.717, 1.165) is 5.56 Å². The van der Waals surface area contributed by atoms with Crippen molar-refractivity contribution in [1.82, 2.24) is 9.38 Å². The highest BCUT2D eigenvalue weighted by Gasteiger charge is 2.26. The van der Waals surface area contributed by atoms with E-state index in [1.165, 1.54) is 0 Å². The second kappa shape index (κ2) is 4.45. The lowest BCUT2D eigenvalue weighted by molar-refractivity contribution is -0.388. The minimum Gasteiger partial charge on any atom is -0.454 e. The fraction of sp³-hybridized carbons (Fsp3) is 0.133. The topological polar surface area (TPSA) is 78.9 Å². The highest BCUT2D eigenvalue weighted by Crippen LogP contribution is 2.38. The standard InChI is InChI=1S/C15H11N3O4/c1-9-4-5-17-13(6-9)16-15(18(19)20)14(17)10-2-3-11-12(7-10)22-8-21-11/h2-7H,8H2,1H3. The zero-order valence-corrected chi connectivity index (χ0v) is 11.6. The highest BCUT2D eigenvalue weighted by atomic mass is 16.7. The number of pyridine rings is 1. The van der Waals surface area contributed by atoms with Crippen LogP contribution in [0.3, 0.4) is 0 Å². The molecule has 0 spiro atoms. The summed E-state index contributed by atoms with van der Waals surface area (Å²) < 4.78 is 12.3. The molecule has 0 saturated heterocycles. The molecule has 0 aliphatic carbocycles. The van der Waals surface area contributed by atoms with Gasteiger partial charge < -0.3 is 19.6 Å². The molecule has 7 nitrogen and oxygen atoms in total. The molecule has 3 heterocycles. The Balaban J connectivity index is 2.00. The summed E-state index contributed by atoms with van der Waals surface area (Å²) in [6.45, 7) is 2.08. The second-order valence-corrected chi connectivity index (χ2v) is 5.04. The number of hydrogen-bond acceptors (Lipinski definition) is 5. The maximum atomic E-state index is 11.4. The van der Waals surface area contributed by atoms with Crippen LogP contribution in [-0.4, -0.2) is 21.1 Å². The van der Waals surface area contributed by atoms with Crippen molar-refractivity contribution in [1.29, 1.82) is 0 Å². The van der Waals surface area contributed by atoms with Gasteiger partial charge in [-0.2, -0.15) is 0 Å². The Morgan fingerprint density at radius 1 is 1.23 bits per heavy atom. The van der Waals surface area contributed by atoms with Gasteiger partial charge in [-0.05, 0) is 46.7 Å². The van der Waals surface area contributed by atoms with Crippen molar-refractivity contribution >= 4 is 11.5 Å². The molecule has 22 heavy (non-hydrogen) atoms. The van der Waals surface area contributed by atoms with Crippen LogP contribution in [0.25, 0.3) is 16.9 Å². The molecule has 2 aromatic heterocycles. The van der Waals surface area contributed by atoms with Gasteiger partial charge in [0.05, 0.1) is 0 Å². The average molecular weight is 297 g/mol. The number of rotatable bonds is 2. The minimum absolute atomic E-state index is 0.160. The van der Waals surface area contributed by atoms with Crippen molar-refractivity contribution in [3.63, 3.8) is 0 Å². The lowest BCUT2D eigenvalue weighted by Gasteiger charge is -2.03. The summed E-state index contributed by atoms with van der Waals surface area (Å²) >= 11 is 0. The maximum absolute atomic E-state index is 11.4. The van der Waals surface area contributed by atoms with Gasteiger partial charge >= 0.3 is 5.82 Å². The molecular formula is C15H11N3O4. The number of nitrogens with zero attached hydrogens (tertiary/aromatic N) is 3. The van der Waals surface area contributed by atoms with Gasteiger partial charge in [-0.1, -0.05) is 0 Å². The van der Waals surface area contributed by atoms with E-state index in [1.54, 1.807) is 28.8 Å². The summed E-state index contributed by atoms with van der Waals surface area (Å²) in [5.74, 6) is 1.04. The Labute approximate surface area is 124 Å². The highest BCUT2D eigenvalue weighted by molar-refractivity contribution is 5.75. The molecule has 0 bridgehead atoms. The third-order valence-electron chi connectivity index (χ3n) is 3.58. The Bertz CT molecular complexity index is 917. The quantitative estimate of drug-likeness (QED) is 0.536. The van der Waals surface area contributed by atoms with E-state index in [9.17, 15) is 10.1 Å². The van der Waals surface area contributed by atoms with E-state index in [-0.39, 0.29) is 12.6 Å². The van der Waals surface area contributed by atoms with Crippen LogP contribution in [0, 0.1) is 17.0 Å². The maximum Gasteiger partial charge on any atom is 0.390 e. The summed E-state index contributed by atoms with van der Waals surface area (Å²) in [5, 5.41) is 11.4. The fourth-order valence-electron chi connectivity index (χ4n) is 2.57. The van der Waals surface area contributed by atoms with Gasteiger partial charge in [0.1, 0.15) is 0 Å². The zero-order chi connectivity index (χ0) is 15.3. The molecule has 0 radical (unpaired) electrons. The molecule has 110 valence electrons. The van der Waals surface area contributed by atoms with Crippen LogP contribution in [0.15, 0.2) is 36.5 Å². The van der Waals surface area contributed by atoms with E-state index < -0.39 is 4.92 Å². The molecule has 0 unspecified atom stereocenters. The average Bonchev–Trinajstić information content (AvgIpc) is 3.09. The first-order chi connectivity index (χ1) is 10.6. The first-order valence-corrected chi connectivity index (χ1v) is 6.66. The molecule has 0 N–H and O–H groups in total. The largest absolute Gasteiger partial charge is 0.454 e. The smallest absolute Gasteiger partial charge is 0.390 e. The van der Waals surface area contributed by atoms with E-state index in [2.05, 4.69) is 4.98 Å². The zero-order valence-electron chi connectivity index (χ0n) is 11.6. The summed E-state index contributed by atoms with van der Waals surface area (Å²) in [6.07, 6.45) is 1.78. The van der Waals surface area contributed by atoms with Crippen LogP contribution >= 0.6 is 0 Å². The Hall–Kier alpha value is -3.09. The Morgan fingerprint density at radius 2 is 2.05 bits per heavy atom. The van der Waals surface area contributed by atoms with Gasteiger partial charge in [-0.25, -0.2) is 0 Å². The van der Waals surface area contributed by atoms with Crippen LogP contribution in [0.2, 0.25) is 0 Å². The summed E-state index contributed by atoms with van der Waals surface area (Å²) in [5.41, 5.74) is 2.62. The number of aryl methyl sites for hydroxylation is 1. The van der Waals surface area contributed by atoms with Crippen LogP contribution in [0.5, 0.6) is 11.5 Å². The van der Waals surface area contributed by atoms with Gasteiger partial charge in [0.25, 0.3) is 5.65 Å². The molecule has 4 rings (SSSR count). The summed E-state index contributed by atoms with van der Waals surface area (Å²) in [4.78, 5) is 15.0. The van der Waals surface area contributed by atoms with Crippen molar-refractivity contribution in [2.24, 2.45) is 0 Å². The molecule has 0 fully saturated rings. The van der Waals surface area contributed by atoms with Crippen molar-refractivity contribution in [3.05, 3.63) is 52.2 Å². The normalized spacial score (nSPS) is 12.8. The van der Waals surface area contributed by atoms with Crippen LogP contribution in [0.4, 0.5) is 5.82 Å². The second-order valence-electron chi connectivity index (χ2n) is 5.04. The lowest BCUT2D eigenvalue weighted by Crippen LogP contribution is -1.94. The first-order valence-electron chi connectivity index (χ1n) is 6.66. The number of imidazole rings is 1. The number of benzene rings is 1. The number of nitro groups is 1. The van der Waals surface area contributed by atoms with Crippen molar-refractivity contribution in [2.45, 2.75) is 6.92 Å². The van der Waals surface area contributed by atoms with Gasteiger partial charge in [0, 0.05) is 17.8 Å². The van der Waals surface area contributed by atoms with Gasteiger partial charge in [0.15, 0.2) is 17.2 Å². The molecule has 0 atom stereocenters. The number of aromatic nitrogens is 2. The van der Waals surface area contributed by atoms with Gasteiger partial charge in [0.2, 0.25) is 6.79 Å². The Morgan fingerprint density at radius 3 is 2.86 bits per heavy atom. The van der Waals surface area contributed by atoms with Crippen molar-refractivity contribution < 1.29 is 14.4 Å². The number of ether oxygens (including phenoxy) is 2. The van der Waals surface area contributed by atoms with E-state index >= 15 is 0 Å². The van der Waals surface area contributed by atoms with Crippen LogP contribution in [-0.2, 0) is 0 Å². The Kier molecular flexibility index (Phi) is 2.56. The predicted octanol–water partition coefficient (Wildman–Crippen LogP) is 2.95. The molecule has 0 saturated carbocycles. The van der Waals surface area contributed by atoms with E-state index in [0.29, 0.717) is 28.4 Å². The van der Waals surface area contributed by atoms with Gasteiger partial charge in [-0.15, -0.1) is 0 Å². The molecule has 7 heteroatoms. The predicted molar refractivity (Wildman–Crippen MR) is 78.1 cm³/mol. The monoisotopic (exact) mass is 297 g/mol. The number of fused-ring (bicyclic) bond motifs is 2. The SMILES string of the molecule is Cc1ccn2c(-c3ccc4c(c3)OCO4)c([N+](=O)[O-])nc2c1. The van der Waals surface area contributed by atoms with Crippen molar-refractivity contribution in [3.8, 4) is 22.8 Å². The van der Waals surface area contributed by atoms with Gasteiger partial charge in [-0.3, -0.25) is 4.40 Å². The van der Waals surface area contributed by atoms with Crippen LogP contribution in [0.1, 0.15) is 5.56 Å². The van der Waals surface area contributed by atoms with Crippen LogP contribution < -0.4 is 9.47 Å². The molecule has 0 amide bonds.